The van der Waals surface area contributed by atoms with Crippen molar-refractivity contribution >= 4 is 15.9 Å². The van der Waals surface area contributed by atoms with E-state index in [1.807, 2.05) is 0 Å². The molecule has 0 fully saturated rings. The third-order valence-corrected chi connectivity index (χ3v) is 4.50. The molecule has 2 rings (SSSR count). The van der Waals surface area contributed by atoms with Crippen molar-refractivity contribution in [1.82, 2.24) is 5.32 Å². The van der Waals surface area contributed by atoms with Crippen molar-refractivity contribution in [3.8, 4) is 0 Å². The first kappa shape index (κ1) is 16.3. The topological polar surface area (TPSA) is 12.0 Å². The molecule has 0 aliphatic heterocycles. The second-order valence-corrected chi connectivity index (χ2v) is 6.90. The van der Waals surface area contributed by atoms with Crippen LogP contribution in [0.15, 0.2) is 53.0 Å². The molecule has 0 saturated carbocycles. The van der Waals surface area contributed by atoms with Gasteiger partial charge in [-0.3, -0.25) is 0 Å². The van der Waals surface area contributed by atoms with Crippen LogP contribution in [-0.4, -0.2) is 0 Å². The molecule has 0 bridgehead atoms. The van der Waals surface area contributed by atoms with Crippen molar-refractivity contribution in [2.24, 2.45) is 0 Å². The molecule has 0 aliphatic carbocycles. The quantitative estimate of drug-likeness (QED) is 0.702. The predicted molar refractivity (Wildman–Crippen MR) is 94.6 cm³/mol. The molecule has 0 aromatic heterocycles. The lowest BCUT2D eigenvalue weighted by atomic mass is 9.99. The maximum absolute atomic E-state index is 3.67. The number of halogens is 1. The Kier molecular flexibility index (Phi) is 5.60. The highest BCUT2D eigenvalue weighted by molar-refractivity contribution is 9.10. The smallest absolute Gasteiger partial charge is 0.0297 e. The van der Waals surface area contributed by atoms with Crippen LogP contribution < -0.4 is 5.32 Å². The zero-order valence-electron chi connectivity index (χ0n) is 13.2. The summed E-state index contributed by atoms with van der Waals surface area (Å²) in [6.45, 7) is 8.89. The number of hydrogen-bond donors (Lipinski definition) is 1. The van der Waals surface area contributed by atoms with E-state index in [9.17, 15) is 0 Å². The molecule has 2 aromatic carbocycles. The zero-order valence-corrected chi connectivity index (χ0v) is 14.8. The average Bonchev–Trinajstić information content (AvgIpc) is 2.47. The van der Waals surface area contributed by atoms with Crippen molar-refractivity contribution in [3.63, 3.8) is 0 Å². The van der Waals surface area contributed by atoms with Gasteiger partial charge in [0, 0.05) is 16.6 Å². The van der Waals surface area contributed by atoms with Crippen molar-refractivity contribution in [1.29, 1.82) is 0 Å². The summed E-state index contributed by atoms with van der Waals surface area (Å²) in [6.07, 6.45) is 0. The van der Waals surface area contributed by atoms with E-state index in [0.29, 0.717) is 18.0 Å². The Morgan fingerprint density at radius 1 is 0.667 bits per heavy atom. The highest BCUT2D eigenvalue weighted by Gasteiger charge is 2.11. The third kappa shape index (κ3) is 4.42. The second-order valence-electron chi connectivity index (χ2n) is 5.98. The van der Waals surface area contributed by atoms with Gasteiger partial charge in [-0.25, -0.2) is 0 Å². The van der Waals surface area contributed by atoms with Gasteiger partial charge in [0.25, 0.3) is 0 Å². The Labute approximate surface area is 136 Å². The summed E-state index contributed by atoms with van der Waals surface area (Å²) >= 11 is 3.48. The minimum absolute atomic E-state index is 0.331. The fourth-order valence-electron chi connectivity index (χ4n) is 2.49. The van der Waals surface area contributed by atoms with Gasteiger partial charge in [0.1, 0.15) is 0 Å². The van der Waals surface area contributed by atoms with Gasteiger partial charge in [0.15, 0.2) is 0 Å². The van der Waals surface area contributed by atoms with Gasteiger partial charge in [-0.05, 0) is 48.6 Å². The summed E-state index contributed by atoms with van der Waals surface area (Å²) in [4.78, 5) is 0. The maximum atomic E-state index is 3.67. The summed E-state index contributed by atoms with van der Waals surface area (Å²) in [7, 11) is 0. The highest BCUT2D eigenvalue weighted by Crippen LogP contribution is 2.22. The minimum Gasteiger partial charge on any atom is -0.304 e. The summed E-state index contributed by atoms with van der Waals surface area (Å²) in [6, 6.07) is 18.1. The molecule has 0 radical (unpaired) electrons. The Bertz CT molecular complexity index is 557. The van der Waals surface area contributed by atoms with Crippen molar-refractivity contribution in [3.05, 3.63) is 69.7 Å². The number of benzene rings is 2. The van der Waals surface area contributed by atoms with Crippen LogP contribution in [0.3, 0.4) is 0 Å². The van der Waals surface area contributed by atoms with E-state index < -0.39 is 0 Å². The molecule has 0 spiro atoms. The molecular weight excluding hydrogens is 322 g/mol. The van der Waals surface area contributed by atoms with E-state index >= 15 is 0 Å². The van der Waals surface area contributed by atoms with E-state index in [-0.39, 0.29) is 0 Å². The van der Waals surface area contributed by atoms with Crippen LogP contribution in [0.25, 0.3) is 0 Å². The lowest BCUT2D eigenvalue weighted by molar-refractivity contribution is 0.494. The molecule has 1 N–H and O–H groups in total. The molecule has 2 unspecified atom stereocenters. The molecule has 2 aromatic rings. The first-order valence-corrected chi connectivity index (χ1v) is 8.38. The molecule has 2 heteroatoms. The Morgan fingerprint density at radius 2 is 1.05 bits per heavy atom. The standard InChI is InChI=1S/C19H24BrN/c1-13(2)16-5-7-17(8-6-16)14(3)21-15(4)18-9-11-19(20)12-10-18/h5-15,21H,1-4H3. The van der Waals surface area contributed by atoms with Gasteiger partial charge < -0.3 is 5.32 Å². The van der Waals surface area contributed by atoms with Gasteiger partial charge in [0.05, 0.1) is 0 Å². The van der Waals surface area contributed by atoms with Gasteiger partial charge in [-0.2, -0.15) is 0 Å². The lowest BCUT2D eigenvalue weighted by Gasteiger charge is -2.21. The zero-order chi connectivity index (χ0) is 15.4. The van der Waals surface area contributed by atoms with E-state index in [1.165, 1.54) is 16.7 Å². The predicted octanol–water partition coefficient (Wildman–Crippen LogP) is 5.98. The van der Waals surface area contributed by atoms with Gasteiger partial charge in [-0.15, -0.1) is 0 Å². The normalized spacial score (nSPS) is 14.2. The third-order valence-electron chi connectivity index (χ3n) is 3.97. The van der Waals surface area contributed by atoms with Crippen LogP contribution in [0.5, 0.6) is 0 Å². The molecule has 0 aliphatic rings. The Balaban J connectivity index is 2.03. The monoisotopic (exact) mass is 345 g/mol. The van der Waals surface area contributed by atoms with E-state index in [2.05, 4.69) is 97.5 Å². The molecule has 0 heterocycles. The molecule has 0 amide bonds. The Morgan fingerprint density at radius 3 is 1.48 bits per heavy atom. The maximum Gasteiger partial charge on any atom is 0.0297 e. The van der Waals surface area contributed by atoms with Gasteiger partial charge in [-0.1, -0.05) is 66.2 Å². The van der Waals surface area contributed by atoms with Crippen molar-refractivity contribution in [2.45, 2.75) is 45.7 Å². The average molecular weight is 346 g/mol. The van der Waals surface area contributed by atoms with E-state index in [4.69, 9.17) is 0 Å². The Hall–Kier alpha value is -1.12. The first-order chi connectivity index (χ1) is 9.97. The van der Waals surface area contributed by atoms with Gasteiger partial charge >= 0.3 is 0 Å². The van der Waals surface area contributed by atoms with Crippen LogP contribution >= 0.6 is 15.9 Å². The summed E-state index contributed by atoms with van der Waals surface area (Å²) in [5, 5.41) is 3.67. The number of rotatable bonds is 5. The highest BCUT2D eigenvalue weighted by atomic mass is 79.9. The molecule has 1 nitrogen and oxygen atoms in total. The fraction of sp³-hybridized carbons (Fsp3) is 0.368. The SMILES string of the molecule is CC(C)c1ccc(C(C)NC(C)c2ccc(Br)cc2)cc1. The van der Waals surface area contributed by atoms with Crippen LogP contribution in [0.2, 0.25) is 0 Å². The molecule has 2 atom stereocenters. The molecule has 112 valence electrons. The number of hydrogen-bond acceptors (Lipinski definition) is 1. The number of nitrogens with one attached hydrogen (secondary N) is 1. The molecular formula is C19H24BrN. The van der Waals surface area contributed by atoms with E-state index in [0.717, 1.165) is 4.47 Å². The second kappa shape index (κ2) is 7.24. The largest absolute Gasteiger partial charge is 0.304 e. The van der Waals surface area contributed by atoms with Crippen LogP contribution in [0.1, 0.15) is 62.4 Å². The summed E-state index contributed by atoms with van der Waals surface area (Å²) in [5.74, 6) is 0.587. The summed E-state index contributed by atoms with van der Waals surface area (Å²) < 4.78 is 1.12. The first-order valence-electron chi connectivity index (χ1n) is 7.58. The molecule has 21 heavy (non-hydrogen) atoms. The van der Waals surface area contributed by atoms with Crippen LogP contribution in [0.4, 0.5) is 0 Å². The fourth-order valence-corrected chi connectivity index (χ4v) is 2.75. The molecule has 0 saturated heterocycles. The van der Waals surface area contributed by atoms with Crippen molar-refractivity contribution in [2.75, 3.05) is 0 Å². The lowest BCUT2D eigenvalue weighted by Crippen LogP contribution is -2.22. The summed E-state index contributed by atoms with van der Waals surface area (Å²) in [5.41, 5.74) is 4.04. The van der Waals surface area contributed by atoms with Crippen LogP contribution in [-0.2, 0) is 0 Å². The van der Waals surface area contributed by atoms with Crippen molar-refractivity contribution < 1.29 is 0 Å². The van der Waals surface area contributed by atoms with Crippen LogP contribution in [0, 0.1) is 0 Å². The van der Waals surface area contributed by atoms with Gasteiger partial charge in [0.2, 0.25) is 0 Å². The minimum atomic E-state index is 0.331. The van der Waals surface area contributed by atoms with E-state index in [1.54, 1.807) is 0 Å².